The SMILES string of the molecule is CC(=O)Nc1ccc(NC2CCc3ccc(C)cc32)cc1. The van der Waals surface area contributed by atoms with E-state index in [1.807, 2.05) is 24.3 Å². The van der Waals surface area contributed by atoms with Gasteiger partial charge < -0.3 is 10.6 Å². The number of nitrogens with one attached hydrogen (secondary N) is 2. The average Bonchev–Trinajstić information content (AvgIpc) is 2.83. The fourth-order valence-corrected chi connectivity index (χ4v) is 2.93. The van der Waals surface area contributed by atoms with E-state index >= 15 is 0 Å². The van der Waals surface area contributed by atoms with E-state index in [2.05, 4.69) is 35.8 Å². The number of fused-ring (bicyclic) bond motifs is 1. The van der Waals surface area contributed by atoms with E-state index in [-0.39, 0.29) is 5.91 Å². The normalized spacial score (nSPS) is 16.4. The van der Waals surface area contributed by atoms with Crippen LogP contribution >= 0.6 is 0 Å². The summed E-state index contributed by atoms with van der Waals surface area (Å²) in [5.74, 6) is -0.0455. The summed E-state index contributed by atoms with van der Waals surface area (Å²) in [4.78, 5) is 11.0. The van der Waals surface area contributed by atoms with Gasteiger partial charge in [-0.25, -0.2) is 0 Å². The summed E-state index contributed by atoms with van der Waals surface area (Å²) < 4.78 is 0. The third kappa shape index (κ3) is 3.07. The van der Waals surface area contributed by atoms with Gasteiger partial charge in [0.15, 0.2) is 0 Å². The topological polar surface area (TPSA) is 41.1 Å². The predicted octanol–water partition coefficient (Wildman–Crippen LogP) is 4.05. The number of aryl methyl sites for hydroxylation is 2. The molecule has 0 aliphatic heterocycles. The zero-order chi connectivity index (χ0) is 14.8. The number of carbonyl (C=O) groups is 1. The van der Waals surface area contributed by atoms with Gasteiger partial charge in [-0.1, -0.05) is 23.8 Å². The standard InChI is InChI=1S/C18H20N2O/c1-12-3-4-14-5-10-18(17(14)11-12)20-16-8-6-15(7-9-16)19-13(2)21/h3-4,6-9,11,18,20H,5,10H2,1-2H3,(H,19,21). The van der Waals surface area contributed by atoms with Crippen LogP contribution in [0.25, 0.3) is 0 Å². The summed E-state index contributed by atoms with van der Waals surface area (Å²) in [5.41, 5.74) is 6.09. The highest BCUT2D eigenvalue weighted by molar-refractivity contribution is 5.88. The summed E-state index contributed by atoms with van der Waals surface area (Å²) in [6.07, 6.45) is 2.27. The molecular formula is C18H20N2O. The zero-order valence-corrected chi connectivity index (χ0v) is 12.4. The van der Waals surface area contributed by atoms with Crippen molar-refractivity contribution in [2.45, 2.75) is 32.7 Å². The van der Waals surface area contributed by atoms with Gasteiger partial charge in [0.1, 0.15) is 0 Å². The Hall–Kier alpha value is -2.29. The minimum Gasteiger partial charge on any atom is -0.378 e. The van der Waals surface area contributed by atoms with Crippen LogP contribution in [0.1, 0.15) is 36.1 Å². The van der Waals surface area contributed by atoms with E-state index in [1.54, 1.807) is 0 Å². The molecule has 0 saturated heterocycles. The molecule has 3 nitrogen and oxygen atoms in total. The number of hydrogen-bond acceptors (Lipinski definition) is 2. The average molecular weight is 280 g/mol. The Labute approximate surface area is 125 Å². The second kappa shape index (κ2) is 5.60. The van der Waals surface area contributed by atoms with Crippen LogP contribution in [0.2, 0.25) is 0 Å². The lowest BCUT2D eigenvalue weighted by atomic mass is 10.0. The van der Waals surface area contributed by atoms with Crippen LogP contribution in [0, 0.1) is 6.92 Å². The molecule has 2 N–H and O–H groups in total. The van der Waals surface area contributed by atoms with Crippen LogP contribution < -0.4 is 10.6 Å². The number of rotatable bonds is 3. The molecule has 0 spiro atoms. The van der Waals surface area contributed by atoms with Crippen LogP contribution in [-0.4, -0.2) is 5.91 Å². The molecule has 1 atom stereocenters. The summed E-state index contributed by atoms with van der Waals surface area (Å²) in [5, 5.41) is 6.37. The van der Waals surface area contributed by atoms with Crippen molar-refractivity contribution in [1.29, 1.82) is 0 Å². The van der Waals surface area contributed by atoms with E-state index in [0.717, 1.165) is 24.2 Å². The van der Waals surface area contributed by atoms with Gasteiger partial charge in [0.05, 0.1) is 6.04 Å². The Morgan fingerprint density at radius 2 is 1.81 bits per heavy atom. The van der Waals surface area contributed by atoms with Gasteiger partial charge in [0, 0.05) is 18.3 Å². The Kier molecular flexibility index (Phi) is 3.65. The largest absolute Gasteiger partial charge is 0.378 e. The molecule has 2 aromatic carbocycles. The molecule has 2 aromatic rings. The first-order valence-electron chi connectivity index (χ1n) is 7.35. The highest BCUT2D eigenvalue weighted by atomic mass is 16.1. The Morgan fingerprint density at radius 1 is 1.10 bits per heavy atom. The molecule has 3 rings (SSSR count). The molecule has 3 heteroatoms. The molecule has 1 amide bonds. The fourth-order valence-electron chi connectivity index (χ4n) is 2.93. The van der Waals surface area contributed by atoms with Gasteiger partial charge >= 0.3 is 0 Å². The quantitative estimate of drug-likeness (QED) is 0.890. The van der Waals surface area contributed by atoms with Crippen molar-refractivity contribution in [2.75, 3.05) is 10.6 Å². The summed E-state index contributed by atoms with van der Waals surface area (Å²) in [7, 11) is 0. The first-order valence-corrected chi connectivity index (χ1v) is 7.35. The third-order valence-corrected chi connectivity index (χ3v) is 3.93. The monoisotopic (exact) mass is 280 g/mol. The van der Waals surface area contributed by atoms with Gasteiger partial charge in [0.2, 0.25) is 5.91 Å². The summed E-state index contributed by atoms with van der Waals surface area (Å²) in [6.45, 7) is 3.65. The maximum atomic E-state index is 11.0. The molecule has 0 bridgehead atoms. The molecular weight excluding hydrogens is 260 g/mol. The van der Waals surface area contributed by atoms with Gasteiger partial charge in [-0.2, -0.15) is 0 Å². The molecule has 21 heavy (non-hydrogen) atoms. The minimum atomic E-state index is -0.0455. The Bertz CT molecular complexity index is 661. The third-order valence-electron chi connectivity index (χ3n) is 3.93. The number of benzene rings is 2. The first-order chi connectivity index (χ1) is 10.1. The van der Waals surface area contributed by atoms with Crippen molar-refractivity contribution in [1.82, 2.24) is 0 Å². The molecule has 0 saturated carbocycles. The van der Waals surface area contributed by atoms with Crippen molar-refractivity contribution in [2.24, 2.45) is 0 Å². The van der Waals surface area contributed by atoms with Gasteiger partial charge in [0.25, 0.3) is 0 Å². The van der Waals surface area contributed by atoms with Crippen molar-refractivity contribution in [3.63, 3.8) is 0 Å². The maximum absolute atomic E-state index is 11.0. The van der Waals surface area contributed by atoms with Gasteiger partial charge in [-0.05, 0) is 55.2 Å². The molecule has 0 aromatic heterocycles. The van der Waals surface area contributed by atoms with Crippen molar-refractivity contribution in [3.05, 3.63) is 59.2 Å². The highest BCUT2D eigenvalue weighted by Crippen LogP contribution is 2.34. The molecule has 0 heterocycles. The molecule has 108 valence electrons. The summed E-state index contributed by atoms with van der Waals surface area (Å²) in [6, 6.07) is 15.0. The molecule has 1 aliphatic rings. The van der Waals surface area contributed by atoms with Gasteiger partial charge in [-0.3, -0.25) is 4.79 Å². The van der Waals surface area contributed by atoms with Crippen LogP contribution in [0.15, 0.2) is 42.5 Å². The fraction of sp³-hybridized carbons (Fsp3) is 0.278. The second-order valence-corrected chi connectivity index (χ2v) is 5.70. The van der Waals surface area contributed by atoms with Crippen LogP contribution in [-0.2, 0) is 11.2 Å². The number of hydrogen-bond donors (Lipinski definition) is 2. The van der Waals surface area contributed by atoms with Crippen LogP contribution in [0.3, 0.4) is 0 Å². The lowest BCUT2D eigenvalue weighted by Gasteiger charge is -2.16. The van der Waals surface area contributed by atoms with Crippen molar-refractivity contribution in [3.8, 4) is 0 Å². The Morgan fingerprint density at radius 3 is 2.52 bits per heavy atom. The number of amides is 1. The van der Waals surface area contributed by atoms with E-state index in [0.29, 0.717) is 6.04 Å². The van der Waals surface area contributed by atoms with E-state index in [1.165, 1.54) is 23.6 Å². The highest BCUT2D eigenvalue weighted by Gasteiger charge is 2.22. The zero-order valence-electron chi connectivity index (χ0n) is 12.4. The lowest BCUT2D eigenvalue weighted by molar-refractivity contribution is -0.114. The van der Waals surface area contributed by atoms with Crippen LogP contribution in [0.5, 0.6) is 0 Å². The van der Waals surface area contributed by atoms with Gasteiger partial charge in [-0.15, -0.1) is 0 Å². The molecule has 1 aliphatic carbocycles. The number of anilines is 2. The smallest absolute Gasteiger partial charge is 0.221 e. The predicted molar refractivity (Wildman–Crippen MR) is 86.6 cm³/mol. The van der Waals surface area contributed by atoms with E-state index in [4.69, 9.17) is 0 Å². The van der Waals surface area contributed by atoms with Crippen LogP contribution in [0.4, 0.5) is 11.4 Å². The minimum absolute atomic E-state index is 0.0455. The van der Waals surface area contributed by atoms with Crippen molar-refractivity contribution >= 4 is 17.3 Å². The first kappa shape index (κ1) is 13.7. The van der Waals surface area contributed by atoms with Crippen molar-refractivity contribution < 1.29 is 4.79 Å². The number of carbonyl (C=O) groups excluding carboxylic acids is 1. The maximum Gasteiger partial charge on any atom is 0.221 e. The molecule has 0 fully saturated rings. The lowest BCUT2D eigenvalue weighted by Crippen LogP contribution is -2.08. The van der Waals surface area contributed by atoms with E-state index in [9.17, 15) is 4.79 Å². The summed E-state index contributed by atoms with van der Waals surface area (Å²) >= 11 is 0. The molecule has 1 unspecified atom stereocenters. The Balaban J connectivity index is 1.74. The molecule has 0 radical (unpaired) electrons. The van der Waals surface area contributed by atoms with E-state index < -0.39 is 0 Å². The second-order valence-electron chi connectivity index (χ2n) is 5.70.